The standard InChI is InChI=1S/C17H29N3O2/c1-6-20(13-17(2,3)22)16(21)18-12-15(19(4)5)14-10-8-7-9-11-14/h7-11,15,22H,6,12-13H2,1-5H3,(H,18,21). The van der Waals surface area contributed by atoms with Crippen molar-refractivity contribution in [1.82, 2.24) is 15.1 Å². The van der Waals surface area contributed by atoms with Gasteiger partial charge < -0.3 is 20.2 Å². The van der Waals surface area contributed by atoms with Crippen LogP contribution in [0.2, 0.25) is 0 Å². The van der Waals surface area contributed by atoms with Crippen molar-refractivity contribution < 1.29 is 9.90 Å². The Morgan fingerprint density at radius 1 is 1.27 bits per heavy atom. The van der Waals surface area contributed by atoms with Crippen LogP contribution in [0.15, 0.2) is 30.3 Å². The molecule has 0 saturated carbocycles. The smallest absolute Gasteiger partial charge is 0.317 e. The molecule has 0 saturated heterocycles. The summed E-state index contributed by atoms with van der Waals surface area (Å²) < 4.78 is 0. The molecule has 0 bridgehead atoms. The normalized spacial score (nSPS) is 13.0. The van der Waals surface area contributed by atoms with Crippen molar-refractivity contribution in [2.75, 3.05) is 33.7 Å². The zero-order valence-corrected chi connectivity index (χ0v) is 14.3. The minimum absolute atomic E-state index is 0.117. The zero-order valence-electron chi connectivity index (χ0n) is 14.3. The van der Waals surface area contributed by atoms with E-state index in [0.717, 1.165) is 0 Å². The van der Waals surface area contributed by atoms with E-state index in [2.05, 4.69) is 22.3 Å². The van der Waals surface area contributed by atoms with Crippen LogP contribution in [0.1, 0.15) is 32.4 Å². The number of likely N-dealkylation sites (N-methyl/N-ethyl adjacent to an activating group) is 2. The third kappa shape index (κ3) is 6.03. The lowest BCUT2D eigenvalue weighted by molar-refractivity contribution is 0.0478. The van der Waals surface area contributed by atoms with Gasteiger partial charge in [-0.15, -0.1) is 0 Å². The lowest BCUT2D eigenvalue weighted by Gasteiger charge is -2.30. The van der Waals surface area contributed by atoms with Gasteiger partial charge in [0.15, 0.2) is 0 Å². The highest BCUT2D eigenvalue weighted by Crippen LogP contribution is 2.16. The zero-order chi connectivity index (χ0) is 16.8. The number of aliphatic hydroxyl groups is 1. The summed E-state index contributed by atoms with van der Waals surface area (Å²) in [6.45, 7) is 6.72. The van der Waals surface area contributed by atoms with Crippen molar-refractivity contribution in [3.63, 3.8) is 0 Å². The van der Waals surface area contributed by atoms with Crippen LogP contribution in [0, 0.1) is 0 Å². The van der Waals surface area contributed by atoms with E-state index in [1.54, 1.807) is 18.7 Å². The van der Waals surface area contributed by atoms with Crippen LogP contribution < -0.4 is 5.32 Å². The second-order valence-electron chi connectivity index (χ2n) is 6.40. The molecule has 0 aliphatic rings. The lowest BCUT2D eigenvalue weighted by Crippen LogP contribution is -2.48. The molecule has 0 aromatic heterocycles. The highest BCUT2D eigenvalue weighted by Gasteiger charge is 2.22. The average molecular weight is 307 g/mol. The van der Waals surface area contributed by atoms with Crippen LogP contribution in [-0.4, -0.2) is 60.3 Å². The Labute approximate surface area is 133 Å². The van der Waals surface area contributed by atoms with E-state index in [9.17, 15) is 9.90 Å². The lowest BCUT2D eigenvalue weighted by atomic mass is 10.1. The quantitative estimate of drug-likeness (QED) is 0.811. The van der Waals surface area contributed by atoms with Gasteiger partial charge in [0.25, 0.3) is 0 Å². The average Bonchev–Trinajstić information content (AvgIpc) is 2.44. The monoisotopic (exact) mass is 307 g/mol. The molecule has 0 spiro atoms. The minimum Gasteiger partial charge on any atom is -0.389 e. The Balaban J connectivity index is 2.66. The Kier molecular flexibility index (Phi) is 6.84. The molecule has 124 valence electrons. The Hall–Kier alpha value is -1.59. The molecule has 1 unspecified atom stereocenters. The first kappa shape index (κ1) is 18.5. The molecule has 0 radical (unpaired) electrons. The van der Waals surface area contributed by atoms with Gasteiger partial charge in [0.05, 0.1) is 18.2 Å². The van der Waals surface area contributed by atoms with Crippen LogP contribution in [0.5, 0.6) is 0 Å². The van der Waals surface area contributed by atoms with Crippen LogP contribution >= 0.6 is 0 Å². The van der Waals surface area contributed by atoms with Gasteiger partial charge in [-0.05, 0) is 40.4 Å². The van der Waals surface area contributed by atoms with Gasteiger partial charge in [0.2, 0.25) is 0 Å². The molecular weight excluding hydrogens is 278 g/mol. The number of hydrogen-bond donors (Lipinski definition) is 2. The summed E-state index contributed by atoms with van der Waals surface area (Å²) in [5, 5.41) is 12.9. The second kappa shape index (κ2) is 8.15. The van der Waals surface area contributed by atoms with Crippen LogP contribution in [0.4, 0.5) is 4.79 Å². The van der Waals surface area contributed by atoms with Gasteiger partial charge in [-0.1, -0.05) is 30.3 Å². The van der Waals surface area contributed by atoms with E-state index < -0.39 is 5.60 Å². The number of urea groups is 1. The molecule has 2 amide bonds. The number of carbonyl (C=O) groups excluding carboxylic acids is 1. The Morgan fingerprint density at radius 3 is 2.32 bits per heavy atom. The number of hydrogen-bond acceptors (Lipinski definition) is 3. The van der Waals surface area contributed by atoms with Crippen molar-refractivity contribution in [1.29, 1.82) is 0 Å². The molecule has 5 nitrogen and oxygen atoms in total. The number of carbonyl (C=O) groups is 1. The first-order valence-electron chi connectivity index (χ1n) is 7.71. The molecule has 22 heavy (non-hydrogen) atoms. The summed E-state index contributed by atoms with van der Waals surface area (Å²) in [5.74, 6) is 0. The summed E-state index contributed by atoms with van der Waals surface area (Å²) in [5.41, 5.74) is 0.270. The third-order valence-electron chi connectivity index (χ3n) is 3.50. The second-order valence-corrected chi connectivity index (χ2v) is 6.40. The van der Waals surface area contributed by atoms with E-state index in [1.165, 1.54) is 5.56 Å². The van der Waals surface area contributed by atoms with E-state index in [4.69, 9.17) is 0 Å². The molecule has 1 aromatic rings. The van der Waals surface area contributed by atoms with Crippen molar-refractivity contribution >= 4 is 6.03 Å². The van der Waals surface area contributed by atoms with Gasteiger partial charge in [-0.2, -0.15) is 0 Å². The highest BCUT2D eigenvalue weighted by atomic mass is 16.3. The topological polar surface area (TPSA) is 55.8 Å². The van der Waals surface area contributed by atoms with Crippen molar-refractivity contribution in [3.05, 3.63) is 35.9 Å². The fourth-order valence-corrected chi connectivity index (χ4v) is 2.36. The van der Waals surface area contributed by atoms with E-state index in [1.807, 2.05) is 39.2 Å². The fourth-order valence-electron chi connectivity index (χ4n) is 2.36. The molecule has 0 aliphatic heterocycles. The van der Waals surface area contributed by atoms with E-state index >= 15 is 0 Å². The molecule has 0 aliphatic carbocycles. The number of benzene rings is 1. The fraction of sp³-hybridized carbons (Fsp3) is 0.588. The van der Waals surface area contributed by atoms with Crippen LogP contribution in [0.25, 0.3) is 0 Å². The van der Waals surface area contributed by atoms with E-state index in [0.29, 0.717) is 19.6 Å². The summed E-state index contributed by atoms with van der Waals surface area (Å²) in [6, 6.07) is 10.1. The van der Waals surface area contributed by atoms with Gasteiger partial charge in [-0.3, -0.25) is 0 Å². The van der Waals surface area contributed by atoms with Gasteiger partial charge in [0, 0.05) is 13.1 Å². The maximum atomic E-state index is 12.3. The maximum absolute atomic E-state index is 12.3. The molecular formula is C17H29N3O2. The van der Waals surface area contributed by atoms with Gasteiger partial charge >= 0.3 is 6.03 Å². The van der Waals surface area contributed by atoms with Crippen LogP contribution in [0.3, 0.4) is 0 Å². The highest BCUT2D eigenvalue weighted by molar-refractivity contribution is 5.74. The third-order valence-corrected chi connectivity index (χ3v) is 3.50. The Morgan fingerprint density at radius 2 is 1.86 bits per heavy atom. The van der Waals surface area contributed by atoms with Crippen molar-refractivity contribution in [2.45, 2.75) is 32.4 Å². The number of rotatable bonds is 7. The molecule has 1 atom stereocenters. The number of nitrogens with zero attached hydrogens (tertiary/aromatic N) is 2. The first-order valence-corrected chi connectivity index (χ1v) is 7.71. The van der Waals surface area contributed by atoms with Crippen molar-refractivity contribution in [3.8, 4) is 0 Å². The number of amides is 2. The largest absolute Gasteiger partial charge is 0.389 e. The van der Waals surface area contributed by atoms with E-state index in [-0.39, 0.29) is 12.1 Å². The predicted octanol–water partition coefficient (Wildman–Crippen LogP) is 2.09. The van der Waals surface area contributed by atoms with Gasteiger partial charge in [-0.25, -0.2) is 4.79 Å². The molecule has 1 aromatic carbocycles. The van der Waals surface area contributed by atoms with Crippen LogP contribution in [-0.2, 0) is 0 Å². The first-order chi connectivity index (χ1) is 10.2. The SMILES string of the molecule is CCN(CC(C)(C)O)C(=O)NCC(c1ccccc1)N(C)C. The predicted molar refractivity (Wildman–Crippen MR) is 89.8 cm³/mol. The summed E-state index contributed by atoms with van der Waals surface area (Å²) in [7, 11) is 4.00. The van der Waals surface area contributed by atoms with Crippen molar-refractivity contribution in [2.24, 2.45) is 0 Å². The Bertz CT molecular complexity index is 455. The maximum Gasteiger partial charge on any atom is 0.317 e. The summed E-state index contributed by atoms with van der Waals surface area (Å²) >= 11 is 0. The molecule has 5 heteroatoms. The molecule has 1 rings (SSSR count). The van der Waals surface area contributed by atoms with Gasteiger partial charge in [0.1, 0.15) is 0 Å². The summed E-state index contributed by atoms with van der Waals surface area (Å²) in [4.78, 5) is 16.0. The number of nitrogens with one attached hydrogen (secondary N) is 1. The molecule has 2 N–H and O–H groups in total. The minimum atomic E-state index is -0.895. The summed E-state index contributed by atoms with van der Waals surface area (Å²) in [6.07, 6.45) is 0. The molecule has 0 heterocycles. The molecule has 0 fully saturated rings.